The van der Waals surface area contributed by atoms with Gasteiger partial charge in [-0.2, -0.15) is 0 Å². The zero-order valence-corrected chi connectivity index (χ0v) is 16.6. The average molecular weight is 396 g/mol. The molecule has 2 aliphatic rings. The lowest BCUT2D eigenvalue weighted by Gasteiger charge is -2.32. The number of aromatic amines is 1. The van der Waals surface area contributed by atoms with E-state index in [-0.39, 0.29) is 12.1 Å². The third-order valence-corrected chi connectivity index (χ3v) is 6.39. The lowest BCUT2D eigenvalue weighted by molar-refractivity contribution is 0.00841. The van der Waals surface area contributed by atoms with E-state index in [2.05, 4.69) is 41.5 Å². The molecular weight excluding hydrogens is 370 g/mol. The Morgan fingerprint density at radius 1 is 1.07 bits per heavy atom. The molecule has 1 aromatic heterocycles. The first-order chi connectivity index (χ1) is 14.1. The Kier molecular flexibility index (Phi) is 4.88. The molecule has 3 heterocycles. The van der Waals surface area contributed by atoms with Gasteiger partial charge in [-0.25, -0.2) is 8.78 Å². The van der Waals surface area contributed by atoms with Gasteiger partial charge in [0.2, 0.25) is 0 Å². The highest BCUT2D eigenvalue weighted by atomic mass is 19.1. The van der Waals surface area contributed by atoms with E-state index in [1.807, 2.05) is 0 Å². The molecule has 2 aliphatic heterocycles. The predicted molar refractivity (Wildman–Crippen MR) is 110 cm³/mol. The third-order valence-electron chi connectivity index (χ3n) is 6.39. The average Bonchev–Trinajstić information content (AvgIpc) is 3.04. The van der Waals surface area contributed by atoms with Crippen molar-refractivity contribution in [3.8, 4) is 0 Å². The number of nitrogens with one attached hydrogen (secondary N) is 2. The molecule has 2 N–H and O–H groups in total. The Hall–Kier alpha value is -2.24. The quantitative estimate of drug-likeness (QED) is 0.610. The van der Waals surface area contributed by atoms with Crippen molar-refractivity contribution in [2.24, 2.45) is 0 Å². The molecule has 5 rings (SSSR count). The molecule has 152 valence electrons. The molecule has 1 saturated heterocycles. The summed E-state index contributed by atoms with van der Waals surface area (Å²) in [5.74, 6) is -0.566. The molecule has 3 nitrogen and oxygen atoms in total. The van der Waals surface area contributed by atoms with E-state index in [0.717, 1.165) is 61.8 Å². The standard InChI is InChI=1S/C24H26F2N2O/c1-2-3-4-18-11-20-19-9-17(25)10-21(26)23(19)28-24(20)22(27-18)15-7-5-14(6-8-15)16-12-29-13-16/h5-10,16,18,22,27-28H,2-4,11-13H2,1H3/t18-,22+/m0/s1. The van der Waals surface area contributed by atoms with Gasteiger partial charge in [0.1, 0.15) is 11.6 Å². The van der Waals surface area contributed by atoms with Gasteiger partial charge >= 0.3 is 0 Å². The second-order valence-corrected chi connectivity index (χ2v) is 8.37. The Morgan fingerprint density at radius 2 is 1.83 bits per heavy atom. The van der Waals surface area contributed by atoms with E-state index in [1.54, 1.807) is 0 Å². The Bertz CT molecular complexity index is 1020. The third kappa shape index (κ3) is 3.36. The molecule has 2 atom stereocenters. The molecule has 0 aliphatic carbocycles. The lowest BCUT2D eigenvalue weighted by atomic mass is 9.87. The van der Waals surface area contributed by atoms with Crippen LogP contribution in [0.3, 0.4) is 0 Å². The summed E-state index contributed by atoms with van der Waals surface area (Å²) in [6.07, 6.45) is 4.09. The zero-order valence-electron chi connectivity index (χ0n) is 16.6. The molecule has 0 unspecified atom stereocenters. The molecule has 1 fully saturated rings. The normalized spacial score (nSPS) is 21.9. The van der Waals surface area contributed by atoms with Crippen molar-refractivity contribution < 1.29 is 13.5 Å². The Morgan fingerprint density at radius 3 is 2.52 bits per heavy atom. The smallest absolute Gasteiger partial charge is 0.150 e. The van der Waals surface area contributed by atoms with Crippen LogP contribution < -0.4 is 5.32 Å². The molecule has 0 bridgehead atoms. The number of hydrogen-bond donors (Lipinski definition) is 2. The molecule has 5 heteroatoms. The number of hydrogen-bond acceptors (Lipinski definition) is 2. The maximum Gasteiger partial charge on any atom is 0.150 e. The summed E-state index contributed by atoms with van der Waals surface area (Å²) in [6.45, 7) is 3.76. The van der Waals surface area contributed by atoms with Gasteiger partial charge in [-0.1, -0.05) is 44.0 Å². The fourth-order valence-electron chi connectivity index (χ4n) is 4.67. The molecule has 29 heavy (non-hydrogen) atoms. The largest absolute Gasteiger partial charge is 0.380 e. The first-order valence-corrected chi connectivity index (χ1v) is 10.6. The second kappa shape index (κ2) is 7.54. The second-order valence-electron chi connectivity index (χ2n) is 8.37. The Balaban J connectivity index is 1.56. The topological polar surface area (TPSA) is 37.0 Å². The van der Waals surface area contributed by atoms with E-state index in [0.29, 0.717) is 16.8 Å². The first kappa shape index (κ1) is 18.8. The van der Waals surface area contributed by atoms with E-state index < -0.39 is 11.6 Å². The van der Waals surface area contributed by atoms with E-state index >= 15 is 0 Å². The summed E-state index contributed by atoms with van der Waals surface area (Å²) < 4.78 is 33.7. The molecular formula is C24H26F2N2O. The zero-order chi connectivity index (χ0) is 20.0. The molecule has 0 saturated carbocycles. The van der Waals surface area contributed by atoms with Gasteiger partial charge in [-0.05, 0) is 35.6 Å². The summed E-state index contributed by atoms with van der Waals surface area (Å²) in [4.78, 5) is 3.27. The van der Waals surface area contributed by atoms with Crippen LogP contribution in [-0.2, 0) is 11.2 Å². The van der Waals surface area contributed by atoms with Crippen molar-refractivity contribution in [1.82, 2.24) is 10.3 Å². The summed E-state index contributed by atoms with van der Waals surface area (Å²) in [7, 11) is 0. The number of unbranched alkanes of at least 4 members (excludes halogenated alkanes) is 1. The molecule has 0 spiro atoms. The van der Waals surface area contributed by atoms with Gasteiger partial charge in [0, 0.05) is 29.1 Å². The fraction of sp³-hybridized carbons (Fsp3) is 0.417. The van der Waals surface area contributed by atoms with Crippen molar-refractivity contribution in [2.45, 2.75) is 50.6 Å². The number of halogens is 2. The van der Waals surface area contributed by atoms with Crippen LogP contribution >= 0.6 is 0 Å². The maximum atomic E-state index is 14.4. The van der Waals surface area contributed by atoms with Crippen molar-refractivity contribution in [3.63, 3.8) is 0 Å². The van der Waals surface area contributed by atoms with Gasteiger partial charge in [0.15, 0.2) is 0 Å². The van der Waals surface area contributed by atoms with Crippen LogP contribution in [0.4, 0.5) is 8.78 Å². The highest BCUT2D eigenvalue weighted by molar-refractivity contribution is 5.86. The summed E-state index contributed by atoms with van der Waals surface area (Å²) in [5.41, 5.74) is 4.84. The van der Waals surface area contributed by atoms with E-state index in [9.17, 15) is 8.78 Å². The van der Waals surface area contributed by atoms with Crippen LogP contribution in [-0.4, -0.2) is 24.2 Å². The van der Waals surface area contributed by atoms with E-state index in [1.165, 1.54) is 11.6 Å². The monoisotopic (exact) mass is 396 g/mol. The highest BCUT2D eigenvalue weighted by Crippen LogP contribution is 2.37. The fourth-order valence-corrected chi connectivity index (χ4v) is 4.67. The van der Waals surface area contributed by atoms with Gasteiger partial charge in [0.25, 0.3) is 0 Å². The van der Waals surface area contributed by atoms with Crippen molar-refractivity contribution >= 4 is 10.9 Å². The molecule has 2 aromatic carbocycles. The summed E-state index contributed by atoms with van der Waals surface area (Å²) >= 11 is 0. The molecule has 3 aromatic rings. The van der Waals surface area contributed by atoms with Crippen LogP contribution in [0.1, 0.15) is 60.5 Å². The van der Waals surface area contributed by atoms with Crippen LogP contribution in [0.2, 0.25) is 0 Å². The first-order valence-electron chi connectivity index (χ1n) is 10.6. The number of fused-ring (bicyclic) bond motifs is 3. The minimum absolute atomic E-state index is 0.0536. The minimum Gasteiger partial charge on any atom is -0.380 e. The Labute approximate surface area is 169 Å². The van der Waals surface area contributed by atoms with Crippen LogP contribution in [0.15, 0.2) is 36.4 Å². The van der Waals surface area contributed by atoms with Crippen LogP contribution in [0.25, 0.3) is 10.9 Å². The van der Waals surface area contributed by atoms with E-state index in [4.69, 9.17) is 4.74 Å². The van der Waals surface area contributed by atoms with Crippen molar-refractivity contribution in [1.29, 1.82) is 0 Å². The van der Waals surface area contributed by atoms with Crippen molar-refractivity contribution in [3.05, 3.63) is 70.4 Å². The highest BCUT2D eigenvalue weighted by Gasteiger charge is 2.31. The van der Waals surface area contributed by atoms with Crippen LogP contribution in [0, 0.1) is 11.6 Å². The van der Waals surface area contributed by atoms with Gasteiger partial charge < -0.3 is 15.0 Å². The van der Waals surface area contributed by atoms with Gasteiger partial charge in [-0.3, -0.25) is 0 Å². The summed E-state index contributed by atoms with van der Waals surface area (Å²) in [5, 5.41) is 4.44. The number of benzene rings is 2. The van der Waals surface area contributed by atoms with Crippen molar-refractivity contribution in [2.75, 3.05) is 13.2 Å². The number of ether oxygens (including phenoxy) is 1. The minimum atomic E-state index is -0.529. The SMILES string of the molecule is CCCC[C@H]1Cc2c([nH]c3c(F)cc(F)cc23)[C@@H](c2ccc(C3COC3)cc2)N1. The lowest BCUT2D eigenvalue weighted by Crippen LogP contribution is -2.39. The summed E-state index contributed by atoms with van der Waals surface area (Å²) in [6, 6.07) is 11.3. The number of rotatable bonds is 5. The van der Waals surface area contributed by atoms with Gasteiger partial charge in [-0.15, -0.1) is 0 Å². The number of H-pyrrole nitrogens is 1. The molecule has 0 radical (unpaired) electrons. The van der Waals surface area contributed by atoms with Gasteiger partial charge in [0.05, 0.1) is 24.8 Å². The van der Waals surface area contributed by atoms with Crippen LogP contribution in [0.5, 0.6) is 0 Å². The predicted octanol–water partition coefficient (Wildman–Crippen LogP) is 5.35. The number of aromatic nitrogens is 1. The maximum absolute atomic E-state index is 14.4. The molecule has 0 amide bonds.